The third-order valence-corrected chi connectivity index (χ3v) is 2.95. The van der Waals surface area contributed by atoms with E-state index in [0.29, 0.717) is 6.54 Å². The van der Waals surface area contributed by atoms with Crippen LogP contribution in [-0.2, 0) is 6.54 Å². The first-order valence-corrected chi connectivity index (χ1v) is 5.55. The van der Waals surface area contributed by atoms with Crippen LogP contribution < -0.4 is 10.5 Å². The number of anilines is 1. The maximum absolute atomic E-state index is 5.91. The molecule has 17 heavy (non-hydrogen) atoms. The number of hydrogen-bond donors (Lipinski definition) is 1. The number of para-hydroxylation sites is 1. The topological polar surface area (TPSA) is 53.1 Å². The standard InChI is InChI=1S/C13H17N3O/c1-9-13(14)10(2)16(15-9)8-11-6-4-5-7-12(11)17-3/h4-7H,8,14H2,1-3H3. The number of methoxy groups -OCH3 is 1. The van der Waals surface area contributed by atoms with Crippen molar-refractivity contribution in [2.45, 2.75) is 20.4 Å². The van der Waals surface area contributed by atoms with Gasteiger partial charge in [0.2, 0.25) is 0 Å². The molecule has 0 aliphatic heterocycles. The van der Waals surface area contributed by atoms with Crippen molar-refractivity contribution in [3.05, 3.63) is 41.2 Å². The van der Waals surface area contributed by atoms with Crippen LogP contribution in [0.25, 0.3) is 0 Å². The number of nitrogen functional groups attached to an aromatic ring is 1. The highest BCUT2D eigenvalue weighted by atomic mass is 16.5. The first-order chi connectivity index (χ1) is 8.13. The molecule has 0 amide bonds. The van der Waals surface area contributed by atoms with E-state index in [-0.39, 0.29) is 0 Å². The molecule has 0 bridgehead atoms. The molecule has 0 radical (unpaired) electrons. The molecule has 0 spiro atoms. The molecule has 0 atom stereocenters. The molecule has 0 aliphatic carbocycles. The zero-order chi connectivity index (χ0) is 12.4. The van der Waals surface area contributed by atoms with Gasteiger partial charge in [0.15, 0.2) is 0 Å². The van der Waals surface area contributed by atoms with Crippen molar-refractivity contribution in [3.8, 4) is 5.75 Å². The lowest BCUT2D eigenvalue weighted by Gasteiger charge is -2.09. The minimum atomic E-state index is 0.674. The summed E-state index contributed by atoms with van der Waals surface area (Å²) in [6.45, 7) is 4.57. The molecule has 4 nitrogen and oxygen atoms in total. The van der Waals surface area contributed by atoms with Gasteiger partial charge in [-0.15, -0.1) is 0 Å². The fraction of sp³-hybridized carbons (Fsp3) is 0.308. The Morgan fingerprint density at radius 1 is 1.29 bits per heavy atom. The quantitative estimate of drug-likeness (QED) is 0.880. The Labute approximate surface area is 101 Å². The number of aromatic nitrogens is 2. The number of nitrogens with two attached hydrogens (primary N) is 1. The van der Waals surface area contributed by atoms with Gasteiger partial charge in [-0.3, -0.25) is 4.68 Å². The second-order valence-corrected chi connectivity index (χ2v) is 4.05. The molecule has 90 valence electrons. The van der Waals surface area contributed by atoms with Gasteiger partial charge in [0, 0.05) is 5.56 Å². The van der Waals surface area contributed by atoms with Gasteiger partial charge >= 0.3 is 0 Å². The summed E-state index contributed by atoms with van der Waals surface area (Å²) >= 11 is 0. The van der Waals surface area contributed by atoms with Gasteiger partial charge in [0.1, 0.15) is 5.75 Å². The van der Waals surface area contributed by atoms with Crippen molar-refractivity contribution in [2.75, 3.05) is 12.8 Å². The predicted octanol–water partition coefficient (Wildman–Crippen LogP) is 2.14. The summed E-state index contributed by atoms with van der Waals surface area (Å²) in [6.07, 6.45) is 0. The van der Waals surface area contributed by atoms with Gasteiger partial charge in [0.25, 0.3) is 0 Å². The van der Waals surface area contributed by atoms with Crippen LogP contribution in [0.15, 0.2) is 24.3 Å². The zero-order valence-electron chi connectivity index (χ0n) is 10.4. The lowest BCUT2D eigenvalue weighted by atomic mass is 10.2. The van der Waals surface area contributed by atoms with Crippen LogP contribution in [-0.4, -0.2) is 16.9 Å². The fourth-order valence-corrected chi connectivity index (χ4v) is 1.86. The zero-order valence-corrected chi connectivity index (χ0v) is 10.4. The van der Waals surface area contributed by atoms with Gasteiger partial charge in [-0.1, -0.05) is 18.2 Å². The monoisotopic (exact) mass is 231 g/mol. The highest BCUT2D eigenvalue weighted by molar-refractivity contribution is 5.47. The van der Waals surface area contributed by atoms with E-state index in [1.807, 2.05) is 42.8 Å². The third kappa shape index (κ3) is 2.11. The summed E-state index contributed by atoms with van der Waals surface area (Å²) in [4.78, 5) is 0. The largest absolute Gasteiger partial charge is 0.496 e. The molecule has 2 rings (SSSR count). The van der Waals surface area contributed by atoms with Crippen LogP contribution in [0.1, 0.15) is 17.0 Å². The van der Waals surface area contributed by atoms with Crippen molar-refractivity contribution >= 4 is 5.69 Å². The summed E-state index contributed by atoms with van der Waals surface area (Å²) in [5.74, 6) is 0.874. The second-order valence-electron chi connectivity index (χ2n) is 4.05. The van der Waals surface area contributed by atoms with Gasteiger partial charge in [-0.2, -0.15) is 5.10 Å². The van der Waals surface area contributed by atoms with Crippen LogP contribution >= 0.6 is 0 Å². The molecule has 0 saturated heterocycles. The van der Waals surface area contributed by atoms with E-state index in [9.17, 15) is 0 Å². The van der Waals surface area contributed by atoms with E-state index in [0.717, 1.165) is 28.4 Å². The molecule has 0 aliphatic rings. The Bertz CT molecular complexity index is 531. The van der Waals surface area contributed by atoms with Gasteiger partial charge in [-0.25, -0.2) is 0 Å². The summed E-state index contributed by atoms with van der Waals surface area (Å²) in [7, 11) is 1.67. The molecule has 0 unspecified atom stereocenters. The fourth-order valence-electron chi connectivity index (χ4n) is 1.86. The highest BCUT2D eigenvalue weighted by Gasteiger charge is 2.10. The molecule has 4 heteroatoms. The number of nitrogens with zero attached hydrogens (tertiary/aromatic N) is 2. The third-order valence-electron chi connectivity index (χ3n) is 2.95. The van der Waals surface area contributed by atoms with Crippen LogP contribution in [0.5, 0.6) is 5.75 Å². The molecule has 1 aromatic carbocycles. The van der Waals surface area contributed by atoms with Crippen molar-refractivity contribution in [2.24, 2.45) is 0 Å². The number of benzene rings is 1. The molecular weight excluding hydrogens is 214 g/mol. The Balaban J connectivity index is 2.34. The van der Waals surface area contributed by atoms with E-state index in [1.165, 1.54) is 0 Å². The van der Waals surface area contributed by atoms with Crippen molar-refractivity contribution in [3.63, 3.8) is 0 Å². The second kappa shape index (κ2) is 4.49. The Morgan fingerprint density at radius 2 is 2.00 bits per heavy atom. The maximum Gasteiger partial charge on any atom is 0.123 e. The maximum atomic E-state index is 5.91. The van der Waals surface area contributed by atoms with Gasteiger partial charge in [0.05, 0.1) is 30.7 Å². The molecule has 1 heterocycles. The minimum Gasteiger partial charge on any atom is -0.496 e. The van der Waals surface area contributed by atoms with Crippen molar-refractivity contribution in [1.29, 1.82) is 0 Å². The first kappa shape index (κ1) is 11.5. The molecule has 2 aromatic rings. The van der Waals surface area contributed by atoms with E-state index < -0.39 is 0 Å². The molecule has 1 aromatic heterocycles. The van der Waals surface area contributed by atoms with Crippen LogP contribution in [0.3, 0.4) is 0 Å². The van der Waals surface area contributed by atoms with E-state index >= 15 is 0 Å². The number of hydrogen-bond acceptors (Lipinski definition) is 3. The SMILES string of the molecule is COc1ccccc1Cn1nc(C)c(N)c1C. The normalized spacial score (nSPS) is 10.5. The van der Waals surface area contributed by atoms with E-state index in [1.54, 1.807) is 7.11 Å². The molecular formula is C13H17N3O. The van der Waals surface area contributed by atoms with Gasteiger partial charge < -0.3 is 10.5 Å². The average molecular weight is 231 g/mol. The smallest absolute Gasteiger partial charge is 0.123 e. The molecule has 2 N–H and O–H groups in total. The lowest BCUT2D eigenvalue weighted by molar-refractivity contribution is 0.407. The Kier molecular flexibility index (Phi) is 3.04. The molecule has 0 fully saturated rings. The number of aryl methyl sites for hydroxylation is 1. The average Bonchev–Trinajstić information content (AvgIpc) is 2.58. The first-order valence-electron chi connectivity index (χ1n) is 5.55. The molecule has 0 saturated carbocycles. The van der Waals surface area contributed by atoms with Gasteiger partial charge in [-0.05, 0) is 19.9 Å². The summed E-state index contributed by atoms with van der Waals surface area (Å²) in [5.41, 5.74) is 9.64. The Morgan fingerprint density at radius 3 is 2.59 bits per heavy atom. The summed E-state index contributed by atoms with van der Waals surface area (Å²) in [5, 5.41) is 4.42. The predicted molar refractivity (Wildman–Crippen MR) is 68.2 cm³/mol. The number of ether oxygens (including phenoxy) is 1. The lowest BCUT2D eigenvalue weighted by Crippen LogP contribution is -2.05. The number of rotatable bonds is 3. The van der Waals surface area contributed by atoms with Crippen molar-refractivity contribution < 1.29 is 4.74 Å². The van der Waals surface area contributed by atoms with E-state index in [2.05, 4.69) is 5.10 Å². The summed E-state index contributed by atoms with van der Waals surface area (Å²) in [6, 6.07) is 7.93. The van der Waals surface area contributed by atoms with Crippen molar-refractivity contribution in [1.82, 2.24) is 9.78 Å². The highest BCUT2D eigenvalue weighted by Crippen LogP contribution is 2.21. The van der Waals surface area contributed by atoms with Crippen LogP contribution in [0.2, 0.25) is 0 Å². The van der Waals surface area contributed by atoms with E-state index in [4.69, 9.17) is 10.5 Å². The van der Waals surface area contributed by atoms with Crippen LogP contribution in [0.4, 0.5) is 5.69 Å². The van der Waals surface area contributed by atoms with Crippen LogP contribution in [0, 0.1) is 13.8 Å². The minimum absolute atomic E-state index is 0.674. The Hall–Kier alpha value is -1.97. The summed E-state index contributed by atoms with van der Waals surface area (Å²) < 4.78 is 7.23.